The number of aromatic nitrogens is 2. The van der Waals surface area contributed by atoms with Gasteiger partial charge in [-0.3, -0.25) is 13.9 Å². The highest BCUT2D eigenvalue weighted by Crippen LogP contribution is 2.31. The van der Waals surface area contributed by atoms with Gasteiger partial charge in [0.15, 0.2) is 11.5 Å². The molecule has 0 saturated carbocycles. The first-order valence-corrected chi connectivity index (χ1v) is 12.1. The van der Waals surface area contributed by atoms with E-state index in [0.717, 1.165) is 21.6 Å². The maximum absolute atomic E-state index is 13.2. The van der Waals surface area contributed by atoms with E-state index in [1.54, 1.807) is 25.7 Å². The fourth-order valence-electron chi connectivity index (χ4n) is 3.92. The van der Waals surface area contributed by atoms with Crippen molar-refractivity contribution in [3.63, 3.8) is 0 Å². The van der Waals surface area contributed by atoms with Gasteiger partial charge in [0.1, 0.15) is 11.6 Å². The number of methoxy groups -OCH3 is 2. The second-order valence-corrected chi connectivity index (χ2v) is 8.97. The molecule has 4 aromatic rings. The van der Waals surface area contributed by atoms with Crippen molar-refractivity contribution in [1.82, 2.24) is 9.13 Å². The monoisotopic (exact) mass is 492 g/mol. The summed E-state index contributed by atoms with van der Waals surface area (Å²) in [5.41, 5.74) is 2.14. The number of thiophene rings is 1. The van der Waals surface area contributed by atoms with Gasteiger partial charge in [0.2, 0.25) is 0 Å². The van der Waals surface area contributed by atoms with Crippen LogP contribution in [0.1, 0.15) is 28.5 Å². The summed E-state index contributed by atoms with van der Waals surface area (Å²) in [5, 5.41) is 0.548. The summed E-state index contributed by atoms with van der Waals surface area (Å²) < 4.78 is 19.4. The first kappa shape index (κ1) is 24.5. The van der Waals surface area contributed by atoms with Gasteiger partial charge in [-0.15, -0.1) is 11.3 Å². The Bertz CT molecular complexity index is 1480. The summed E-state index contributed by atoms with van der Waals surface area (Å²) in [4.78, 5) is 27.8. The zero-order valence-corrected chi connectivity index (χ0v) is 21.1. The molecule has 8 heteroatoms. The van der Waals surface area contributed by atoms with Crippen LogP contribution in [0.4, 0.5) is 0 Å². The van der Waals surface area contributed by atoms with E-state index in [9.17, 15) is 9.59 Å². The molecule has 0 atom stereocenters. The third-order valence-corrected chi connectivity index (χ3v) is 7.09. The van der Waals surface area contributed by atoms with Crippen LogP contribution in [0, 0.1) is 6.92 Å². The van der Waals surface area contributed by atoms with Gasteiger partial charge in [-0.1, -0.05) is 42.5 Å². The molecule has 7 nitrogen and oxygen atoms in total. The smallest absolute Gasteiger partial charge is 0.334 e. The van der Waals surface area contributed by atoms with E-state index < -0.39 is 0 Å². The Balaban J connectivity index is 1.72. The van der Waals surface area contributed by atoms with E-state index in [4.69, 9.17) is 14.2 Å². The molecule has 0 spiro atoms. The van der Waals surface area contributed by atoms with Gasteiger partial charge in [0.25, 0.3) is 5.56 Å². The first-order valence-electron chi connectivity index (χ1n) is 11.3. The average molecular weight is 493 g/mol. The summed E-state index contributed by atoms with van der Waals surface area (Å²) in [7, 11) is 3.19. The molecule has 0 aliphatic carbocycles. The van der Waals surface area contributed by atoms with Crippen LogP contribution >= 0.6 is 11.3 Å². The summed E-state index contributed by atoms with van der Waals surface area (Å²) in [6, 6.07) is 15.4. The average Bonchev–Trinajstić information content (AvgIpc) is 3.21. The highest BCUT2D eigenvalue weighted by molar-refractivity contribution is 7.19. The van der Waals surface area contributed by atoms with Crippen molar-refractivity contribution >= 4 is 33.7 Å². The maximum Gasteiger partial charge on any atom is 0.334 e. The molecular weight excluding hydrogens is 464 g/mol. The quantitative estimate of drug-likeness (QED) is 0.332. The summed E-state index contributed by atoms with van der Waals surface area (Å²) in [6.07, 6.45) is 3.91. The number of fused-ring (bicyclic) bond motifs is 1. The van der Waals surface area contributed by atoms with Crippen molar-refractivity contribution in [2.75, 3.05) is 14.2 Å². The Labute approximate surface area is 207 Å². The van der Waals surface area contributed by atoms with E-state index in [-0.39, 0.29) is 18.0 Å². The molecule has 0 aliphatic heterocycles. The zero-order chi connectivity index (χ0) is 24.9. The van der Waals surface area contributed by atoms with Crippen LogP contribution in [0.25, 0.3) is 22.4 Å². The van der Waals surface area contributed by atoms with Crippen LogP contribution in [-0.4, -0.2) is 23.4 Å². The van der Waals surface area contributed by atoms with E-state index >= 15 is 0 Å². The third kappa shape index (κ3) is 4.94. The Morgan fingerprint density at radius 2 is 1.69 bits per heavy atom. The number of rotatable bonds is 9. The molecule has 0 saturated heterocycles. The van der Waals surface area contributed by atoms with E-state index in [0.29, 0.717) is 34.9 Å². The van der Waals surface area contributed by atoms with E-state index in [1.165, 1.54) is 15.9 Å². The fraction of sp³-hybridized carbons (Fsp3) is 0.259. The second kappa shape index (κ2) is 10.8. The molecule has 0 unspecified atom stereocenters. The fourth-order valence-corrected chi connectivity index (χ4v) is 5.10. The third-order valence-electron chi connectivity index (χ3n) is 5.81. The minimum absolute atomic E-state index is 0.0588. The van der Waals surface area contributed by atoms with Gasteiger partial charge >= 0.3 is 5.69 Å². The molecule has 182 valence electrons. The molecule has 2 aromatic heterocycles. The van der Waals surface area contributed by atoms with E-state index in [2.05, 4.69) is 0 Å². The lowest BCUT2D eigenvalue weighted by atomic mass is 10.1. The van der Waals surface area contributed by atoms with Gasteiger partial charge in [-0.05, 0) is 48.7 Å². The number of hydrogen-bond acceptors (Lipinski definition) is 6. The minimum Gasteiger partial charge on any atom is -0.493 e. The molecule has 2 heterocycles. The topological polar surface area (TPSA) is 71.7 Å². The van der Waals surface area contributed by atoms with Crippen LogP contribution < -0.4 is 20.7 Å². The SMILES string of the molecule is CCn1c(=O)c2c(C)c(C=Cc3ccc(OC)c(OC)c3)sc2n(COCc2ccccc2)c1=O. The molecule has 2 aromatic carbocycles. The highest BCUT2D eigenvalue weighted by Gasteiger charge is 2.18. The number of hydrogen-bond donors (Lipinski definition) is 0. The molecule has 0 aliphatic rings. The molecule has 0 amide bonds. The molecule has 35 heavy (non-hydrogen) atoms. The largest absolute Gasteiger partial charge is 0.493 e. The van der Waals surface area contributed by atoms with Gasteiger partial charge in [-0.25, -0.2) is 4.79 Å². The van der Waals surface area contributed by atoms with E-state index in [1.807, 2.05) is 67.6 Å². The molecule has 0 fully saturated rings. The van der Waals surface area contributed by atoms with Crippen molar-refractivity contribution < 1.29 is 14.2 Å². The molecular formula is C27H28N2O5S. The number of aryl methyl sites for hydroxylation is 1. The first-order chi connectivity index (χ1) is 17.0. The van der Waals surface area contributed by atoms with Crippen molar-refractivity contribution in [2.45, 2.75) is 33.7 Å². The lowest BCUT2D eigenvalue weighted by Gasteiger charge is -2.11. The Morgan fingerprint density at radius 1 is 0.943 bits per heavy atom. The molecule has 0 bridgehead atoms. The van der Waals surface area contributed by atoms with Crippen molar-refractivity contribution in [1.29, 1.82) is 0 Å². The van der Waals surface area contributed by atoms with Gasteiger partial charge < -0.3 is 14.2 Å². The number of benzene rings is 2. The molecule has 0 radical (unpaired) electrons. The summed E-state index contributed by atoms with van der Waals surface area (Å²) in [6.45, 7) is 4.43. The summed E-state index contributed by atoms with van der Waals surface area (Å²) in [5.74, 6) is 1.29. The highest BCUT2D eigenvalue weighted by atomic mass is 32.1. The van der Waals surface area contributed by atoms with Gasteiger partial charge in [0.05, 0.1) is 26.2 Å². The minimum atomic E-state index is -0.366. The summed E-state index contributed by atoms with van der Waals surface area (Å²) >= 11 is 1.41. The van der Waals surface area contributed by atoms with Crippen LogP contribution in [0.5, 0.6) is 11.5 Å². The van der Waals surface area contributed by atoms with Crippen molar-refractivity contribution in [3.05, 3.63) is 90.9 Å². The predicted octanol–water partition coefficient (Wildman–Crippen LogP) is 4.91. The Morgan fingerprint density at radius 3 is 2.37 bits per heavy atom. The van der Waals surface area contributed by atoms with Crippen LogP contribution in [0.15, 0.2) is 58.1 Å². The Kier molecular flexibility index (Phi) is 7.53. The molecule has 0 N–H and O–H groups in total. The Hall–Kier alpha value is -3.62. The normalized spacial score (nSPS) is 11.4. The van der Waals surface area contributed by atoms with Crippen LogP contribution in [0.3, 0.4) is 0 Å². The van der Waals surface area contributed by atoms with Crippen LogP contribution in [0.2, 0.25) is 0 Å². The predicted molar refractivity (Wildman–Crippen MR) is 140 cm³/mol. The maximum atomic E-state index is 13.2. The number of ether oxygens (including phenoxy) is 3. The van der Waals surface area contributed by atoms with Crippen molar-refractivity contribution in [2.24, 2.45) is 0 Å². The number of nitrogens with zero attached hydrogens (tertiary/aromatic N) is 2. The zero-order valence-electron chi connectivity index (χ0n) is 20.2. The lowest BCUT2D eigenvalue weighted by Crippen LogP contribution is -2.39. The van der Waals surface area contributed by atoms with Gasteiger partial charge in [-0.2, -0.15) is 0 Å². The second-order valence-electron chi connectivity index (χ2n) is 7.94. The molecule has 4 rings (SSSR count). The van der Waals surface area contributed by atoms with Crippen LogP contribution in [-0.2, 0) is 24.6 Å². The van der Waals surface area contributed by atoms with Crippen molar-refractivity contribution in [3.8, 4) is 11.5 Å². The lowest BCUT2D eigenvalue weighted by molar-refractivity contribution is 0.0632. The van der Waals surface area contributed by atoms with Gasteiger partial charge in [0, 0.05) is 11.4 Å². The standard InChI is InChI=1S/C27H28N2O5S/c1-5-28-25(30)24-18(2)23(14-12-19-11-13-21(32-3)22(15-19)33-4)35-26(24)29(27(28)31)17-34-16-20-9-7-6-8-10-20/h6-15H,5,16-17H2,1-4H3.